The van der Waals surface area contributed by atoms with Gasteiger partial charge in [-0.05, 0) is 19.1 Å². The second kappa shape index (κ2) is 6.23. The molecule has 0 fully saturated rings. The summed E-state index contributed by atoms with van der Waals surface area (Å²) in [6, 6.07) is 1.57. The Hall–Kier alpha value is -2.15. The molecule has 148 valence electrons. The van der Waals surface area contributed by atoms with E-state index in [0.29, 0.717) is 0 Å². The van der Waals surface area contributed by atoms with Crippen LogP contribution < -0.4 is 5.32 Å². The van der Waals surface area contributed by atoms with E-state index in [0.717, 1.165) is 23.6 Å². The van der Waals surface area contributed by atoms with Crippen LogP contribution in [0.3, 0.4) is 0 Å². The maximum Gasteiger partial charge on any atom is 0.460 e. The lowest BCUT2D eigenvalue weighted by molar-refractivity contribution is -0.416. The van der Waals surface area contributed by atoms with Gasteiger partial charge in [0.05, 0.1) is 0 Å². The van der Waals surface area contributed by atoms with Crippen LogP contribution in [0.1, 0.15) is 5.69 Å². The molecular formula is C12H7F11N2O. The van der Waals surface area contributed by atoms with E-state index in [1.54, 1.807) is 0 Å². The fourth-order valence-electron chi connectivity index (χ4n) is 1.55. The van der Waals surface area contributed by atoms with Crippen molar-refractivity contribution in [3.05, 3.63) is 24.0 Å². The molecule has 0 aromatic carbocycles. The van der Waals surface area contributed by atoms with Gasteiger partial charge in [-0.25, -0.2) is 0 Å². The first-order chi connectivity index (χ1) is 11.4. The van der Waals surface area contributed by atoms with Gasteiger partial charge in [0.1, 0.15) is 0 Å². The largest absolute Gasteiger partial charge is 0.460 e. The van der Waals surface area contributed by atoms with Crippen LogP contribution >= 0.6 is 0 Å². The highest BCUT2D eigenvalue weighted by atomic mass is 19.4. The minimum atomic E-state index is -7.63. The maximum atomic E-state index is 13.4. The predicted octanol–water partition coefficient (Wildman–Crippen LogP) is 4.43. The van der Waals surface area contributed by atoms with Gasteiger partial charge >= 0.3 is 35.8 Å². The average Bonchev–Trinajstić information content (AvgIpc) is 2.45. The summed E-state index contributed by atoms with van der Waals surface area (Å²) < 4.78 is 141. The Bertz CT molecular complexity index is 684. The Balaban J connectivity index is 3.28. The predicted molar refractivity (Wildman–Crippen MR) is 63.4 cm³/mol. The number of carbonyl (C=O) groups excluding carboxylic acids is 1. The van der Waals surface area contributed by atoms with Gasteiger partial charge in [-0.1, -0.05) is 0 Å². The molecule has 0 aliphatic rings. The topological polar surface area (TPSA) is 42.0 Å². The maximum absolute atomic E-state index is 13.4. The molecule has 0 spiro atoms. The van der Waals surface area contributed by atoms with Gasteiger partial charge in [-0.2, -0.15) is 48.3 Å². The zero-order valence-corrected chi connectivity index (χ0v) is 12.2. The summed E-state index contributed by atoms with van der Waals surface area (Å²) in [6.07, 6.45) is -6.40. The molecule has 1 N–H and O–H groups in total. The molecule has 0 saturated carbocycles. The summed E-state index contributed by atoms with van der Waals surface area (Å²) in [5.41, 5.74) is -0.615. The molecule has 0 bridgehead atoms. The van der Waals surface area contributed by atoms with Crippen molar-refractivity contribution in [2.45, 2.75) is 36.8 Å². The standard InChI is InChI=1S/C12H7F11N2O/c1-5-4-6(2-3-24-5)25-7(26)8(13,14)9(15,16)10(17,18)11(19,20)12(21,22)23/h2-4H,1H3,(H,24,25,26). The number of hydrogen-bond acceptors (Lipinski definition) is 2. The zero-order chi connectivity index (χ0) is 20.8. The SMILES string of the molecule is Cc1cc(NC(=O)C(F)(F)C(F)(F)C(F)(F)C(F)(F)C(F)(F)F)ccn1. The van der Waals surface area contributed by atoms with Crippen molar-refractivity contribution in [2.24, 2.45) is 0 Å². The molecule has 1 heterocycles. The summed E-state index contributed by atoms with van der Waals surface area (Å²) in [7, 11) is 0. The number of halogens is 11. The molecule has 0 radical (unpaired) electrons. The van der Waals surface area contributed by atoms with Crippen molar-refractivity contribution in [3.8, 4) is 0 Å². The number of carbonyl (C=O) groups is 1. The number of hydrogen-bond donors (Lipinski definition) is 1. The summed E-state index contributed by atoms with van der Waals surface area (Å²) in [6.45, 7) is 1.25. The van der Waals surface area contributed by atoms with Crippen LogP contribution in [0.2, 0.25) is 0 Å². The van der Waals surface area contributed by atoms with Gasteiger partial charge in [-0.15, -0.1) is 0 Å². The Morgan fingerprint density at radius 3 is 1.81 bits per heavy atom. The van der Waals surface area contributed by atoms with Crippen LogP contribution in [0.25, 0.3) is 0 Å². The van der Waals surface area contributed by atoms with Gasteiger partial charge in [0.25, 0.3) is 0 Å². The van der Waals surface area contributed by atoms with E-state index in [9.17, 15) is 53.1 Å². The Morgan fingerprint density at radius 2 is 1.38 bits per heavy atom. The van der Waals surface area contributed by atoms with Crippen molar-refractivity contribution in [2.75, 3.05) is 5.32 Å². The number of alkyl halides is 11. The lowest BCUT2D eigenvalue weighted by Gasteiger charge is -2.36. The third kappa shape index (κ3) is 3.28. The zero-order valence-electron chi connectivity index (χ0n) is 12.2. The second-order valence-corrected chi connectivity index (χ2v) is 4.94. The van der Waals surface area contributed by atoms with Crippen LogP contribution in [0.5, 0.6) is 0 Å². The van der Waals surface area contributed by atoms with E-state index in [-0.39, 0.29) is 5.69 Å². The van der Waals surface area contributed by atoms with Crippen molar-refractivity contribution < 1.29 is 53.1 Å². The molecule has 14 heteroatoms. The van der Waals surface area contributed by atoms with Crippen molar-refractivity contribution in [1.29, 1.82) is 0 Å². The number of nitrogens with one attached hydrogen (secondary N) is 1. The summed E-state index contributed by atoms with van der Waals surface area (Å²) in [5.74, 6) is -32.4. The van der Waals surface area contributed by atoms with Crippen molar-refractivity contribution in [1.82, 2.24) is 4.98 Å². The normalized spacial score (nSPS) is 14.3. The van der Waals surface area contributed by atoms with Crippen LogP contribution in [-0.2, 0) is 4.79 Å². The monoisotopic (exact) mass is 404 g/mol. The number of pyridine rings is 1. The molecule has 0 unspecified atom stereocenters. The van der Waals surface area contributed by atoms with E-state index in [1.165, 1.54) is 6.92 Å². The summed E-state index contributed by atoms with van der Waals surface area (Å²) in [4.78, 5) is 14.7. The minimum Gasteiger partial charge on any atom is -0.321 e. The third-order valence-corrected chi connectivity index (χ3v) is 2.98. The number of aromatic nitrogens is 1. The second-order valence-electron chi connectivity index (χ2n) is 4.94. The molecule has 0 saturated heterocycles. The number of anilines is 1. The smallest absolute Gasteiger partial charge is 0.321 e. The van der Waals surface area contributed by atoms with Crippen LogP contribution in [0, 0.1) is 6.92 Å². The molecule has 0 aliphatic heterocycles. The van der Waals surface area contributed by atoms with Gasteiger partial charge in [-0.3, -0.25) is 9.78 Å². The molecule has 3 nitrogen and oxygen atoms in total. The summed E-state index contributed by atoms with van der Waals surface area (Å²) >= 11 is 0. The number of aryl methyl sites for hydroxylation is 1. The lowest BCUT2D eigenvalue weighted by Crippen LogP contribution is -2.68. The fourth-order valence-corrected chi connectivity index (χ4v) is 1.55. The fraction of sp³-hybridized carbons (Fsp3) is 0.500. The number of amides is 1. The van der Waals surface area contributed by atoms with Crippen molar-refractivity contribution >= 4 is 11.6 Å². The van der Waals surface area contributed by atoms with Gasteiger partial charge in [0.2, 0.25) is 0 Å². The first kappa shape index (κ1) is 21.9. The number of rotatable bonds is 5. The van der Waals surface area contributed by atoms with E-state index >= 15 is 0 Å². The van der Waals surface area contributed by atoms with Crippen LogP contribution in [0.15, 0.2) is 18.3 Å². The molecule has 1 amide bonds. The molecule has 1 aromatic rings. The average molecular weight is 404 g/mol. The van der Waals surface area contributed by atoms with E-state index in [2.05, 4.69) is 4.98 Å². The molecule has 1 aromatic heterocycles. The van der Waals surface area contributed by atoms with Crippen molar-refractivity contribution in [3.63, 3.8) is 0 Å². The molecule has 26 heavy (non-hydrogen) atoms. The highest BCUT2D eigenvalue weighted by Gasteiger charge is 2.88. The molecule has 0 aliphatic carbocycles. The van der Waals surface area contributed by atoms with Gasteiger partial charge in [0.15, 0.2) is 0 Å². The lowest BCUT2D eigenvalue weighted by atomic mass is 9.97. The summed E-state index contributed by atoms with van der Waals surface area (Å²) in [5, 5.41) is 1.02. The first-order valence-corrected chi connectivity index (χ1v) is 6.21. The molecule has 1 rings (SSSR count). The number of nitrogens with zero attached hydrogens (tertiary/aromatic N) is 1. The first-order valence-electron chi connectivity index (χ1n) is 6.21. The van der Waals surface area contributed by atoms with E-state index in [4.69, 9.17) is 0 Å². The van der Waals surface area contributed by atoms with E-state index < -0.39 is 41.5 Å². The van der Waals surface area contributed by atoms with Gasteiger partial charge < -0.3 is 5.32 Å². The highest BCUT2D eigenvalue weighted by Crippen LogP contribution is 2.57. The van der Waals surface area contributed by atoms with E-state index in [1.807, 2.05) is 0 Å². The third-order valence-electron chi connectivity index (χ3n) is 2.98. The van der Waals surface area contributed by atoms with Gasteiger partial charge in [0, 0.05) is 17.6 Å². The Morgan fingerprint density at radius 1 is 0.885 bits per heavy atom. The van der Waals surface area contributed by atoms with Crippen LogP contribution in [-0.4, -0.2) is 40.8 Å². The minimum absolute atomic E-state index is 0.0480. The molecule has 0 atom stereocenters. The Kier molecular flexibility index (Phi) is 5.24. The van der Waals surface area contributed by atoms with Crippen LogP contribution in [0.4, 0.5) is 54.0 Å². The highest BCUT2D eigenvalue weighted by molar-refractivity contribution is 5.97. The quantitative estimate of drug-likeness (QED) is 0.738. The Labute approximate surface area is 137 Å². The molecular weight excluding hydrogens is 397 g/mol.